The van der Waals surface area contributed by atoms with E-state index >= 15 is 0 Å². The van der Waals surface area contributed by atoms with Crippen LogP contribution in [0.3, 0.4) is 0 Å². The van der Waals surface area contributed by atoms with Gasteiger partial charge in [-0.05, 0) is 37.3 Å². The molecule has 2 N–H and O–H groups in total. The normalized spacial score (nSPS) is 25.6. The molecule has 8 atom stereocenters. The molecular weight excluding hydrogens is 626 g/mol. The van der Waals surface area contributed by atoms with Gasteiger partial charge in [-0.3, -0.25) is 19.2 Å². The predicted molar refractivity (Wildman–Crippen MR) is 182 cm³/mol. The maximum absolute atomic E-state index is 14.6. The summed E-state index contributed by atoms with van der Waals surface area (Å²) in [7, 11) is 1.50. The van der Waals surface area contributed by atoms with Crippen LogP contribution in [0.2, 0.25) is 0 Å². The minimum absolute atomic E-state index is 0.0580. The maximum atomic E-state index is 14.6. The van der Waals surface area contributed by atoms with E-state index < -0.39 is 59.6 Å². The number of rotatable bonds is 17. The van der Waals surface area contributed by atoms with E-state index in [0.717, 1.165) is 5.56 Å². The lowest BCUT2D eigenvalue weighted by Gasteiger charge is -2.38. The molecule has 0 radical (unpaired) electrons. The standard InChI is InChI=1S/C38H47N3O8/c1-5-7-18-30(43)39-28(24-47-4)33(27-16-12-9-13-17-27)48-37(46)31-29-19-20-38(49-29)32(31)35(44)41(25(3)23-42)34(38)36(45)40(21-6-2)22-26-14-10-8-11-15-26/h5-6,8-17,25,28-29,31-34,42H,1-2,7,18-24H2,3-4H3,(H,39,43)/t25-,28+,29-,31+,32+,33+,34-,38+/m1/s1. The second-order valence-corrected chi connectivity index (χ2v) is 13.1. The first-order chi connectivity index (χ1) is 23.7. The van der Waals surface area contributed by atoms with Crippen molar-refractivity contribution in [2.24, 2.45) is 11.8 Å². The Morgan fingerprint density at radius 3 is 2.45 bits per heavy atom. The van der Waals surface area contributed by atoms with E-state index in [4.69, 9.17) is 14.2 Å². The first-order valence-electron chi connectivity index (χ1n) is 16.9. The van der Waals surface area contributed by atoms with E-state index in [1.165, 1.54) is 12.0 Å². The number of fused-ring (bicyclic) bond motifs is 1. The highest BCUT2D eigenvalue weighted by Gasteiger charge is 2.75. The summed E-state index contributed by atoms with van der Waals surface area (Å²) < 4.78 is 18.3. The molecule has 3 saturated heterocycles. The Morgan fingerprint density at radius 2 is 1.82 bits per heavy atom. The van der Waals surface area contributed by atoms with E-state index in [-0.39, 0.29) is 44.5 Å². The molecule has 262 valence electrons. The average Bonchev–Trinajstić information content (AvgIpc) is 3.76. The summed E-state index contributed by atoms with van der Waals surface area (Å²) in [4.78, 5) is 59.2. The van der Waals surface area contributed by atoms with Crippen LogP contribution in [-0.4, -0.2) is 95.3 Å². The number of aliphatic hydroxyl groups excluding tert-OH is 1. The predicted octanol–water partition coefficient (Wildman–Crippen LogP) is 3.34. The number of esters is 1. The molecular formula is C38H47N3O8. The van der Waals surface area contributed by atoms with Crippen LogP contribution in [0.15, 0.2) is 86.0 Å². The van der Waals surface area contributed by atoms with Gasteiger partial charge in [0, 0.05) is 26.6 Å². The van der Waals surface area contributed by atoms with Crippen molar-refractivity contribution < 1.29 is 38.5 Å². The maximum Gasteiger partial charge on any atom is 0.313 e. The lowest BCUT2D eigenvalue weighted by Crippen LogP contribution is -2.58. The Hall–Kier alpha value is -4.32. The van der Waals surface area contributed by atoms with Gasteiger partial charge >= 0.3 is 5.97 Å². The van der Waals surface area contributed by atoms with Crippen LogP contribution >= 0.6 is 0 Å². The Morgan fingerprint density at radius 1 is 1.12 bits per heavy atom. The Kier molecular flexibility index (Phi) is 11.7. The lowest BCUT2D eigenvalue weighted by atomic mass is 9.70. The molecule has 3 amide bonds. The second kappa shape index (κ2) is 15.9. The van der Waals surface area contributed by atoms with E-state index in [9.17, 15) is 24.3 Å². The van der Waals surface area contributed by atoms with Crippen molar-refractivity contribution in [2.45, 2.75) is 75.1 Å². The highest BCUT2D eigenvalue weighted by molar-refractivity contribution is 5.98. The molecule has 2 aromatic rings. The quantitative estimate of drug-likeness (QED) is 0.193. The summed E-state index contributed by atoms with van der Waals surface area (Å²) >= 11 is 0. The Balaban J connectivity index is 1.47. The fraction of sp³-hybridized carbons (Fsp3) is 0.474. The number of likely N-dealkylation sites (tertiary alicyclic amines) is 1. The summed E-state index contributed by atoms with van der Waals surface area (Å²) in [5.41, 5.74) is 0.267. The number of allylic oxidation sites excluding steroid dienone is 1. The third-order valence-corrected chi connectivity index (χ3v) is 9.87. The molecule has 11 nitrogen and oxygen atoms in total. The van der Waals surface area contributed by atoms with Crippen molar-refractivity contribution in [3.63, 3.8) is 0 Å². The van der Waals surface area contributed by atoms with Crippen molar-refractivity contribution >= 4 is 23.7 Å². The molecule has 11 heteroatoms. The van der Waals surface area contributed by atoms with E-state index in [0.29, 0.717) is 24.8 Å². The molecule has 2 aromatic carbocycles. The molecule has 0 saturated carbocycles. The van der Waals surface area contributed by atoms with Crippen molar-refractivity contribution in [3.8, 4) is 0 Å². The number of aliphatic hydroxyl groups is 1. The number of benzene rings is 2. The summed E-state index contributed by atoms with van der Waals surface area (Å²) in [6, 6.07) is 16.1. The topological polar surface area (TPSA) is 135 Å². The number of nitrogens with zero attached hydrogens (tertiary/aromatic N) is 2. The smallest absolute Gasteiger partial charge is 0.313 e. The van der Waals surface area contributed by atoms with Gasteiger partial charge in [-0.2, -0.15) is 0 Å². The summed E-state index contributed by atoms with van der Waals surface area (Å²) in [5, 5.41) is 13.2. The van der Waals surface area contributed by atoms with Crippen molar-refractivity contribution in [1.29, 1.82) is 0 Å². The molecule has 0 aromatic heterocycles. The largest absolute Gasteiger partial charge is 0.455 e. The zero-order valence-corrected chi connectivity index (χ0v) is 28.2. The van der Waals surface area contributed by atoms with Gasteiger partial charge in [-0.15, -0.1) is 13.2 Å². The highest BCUT2D eigenvalue weighted by atomic mass is 16.6. The van der Waals surface area contributed by atoms with Gasteiger partial charge in [0.25, 0.3) is 0 Å². The van der Waals surface area contributed by atoms with Gasteiger partial charge in [0.05, 0.1) is 43.2 Å². The van der Waals surface area contributed by atoms with E-state index in [1.807, 2.05) is 48.5 Å². The number of carbonyl (C=O) groups excluding carboxylic acids is 4. The summed E-state index contributed by atoms with van der Waals surface area (Å²) in [5.74, 6) is -3.66. The number of hydrogen-bond acceptors (Lipinski definition) is 8. The van der Waals surface area contributed by atoms with Crippen molar-refractivity contribution in [2.75, 3.05) is 26.9 Å². The molecule has 3 fully saturated rings. The van der Waals surface area contributed by atoms with Gasteiger partial charge in [0.15, 0.2) is 0 Å². The van der Waals surface area contributed by atoms with E-state index in [1.54, 1.807) is 36.1 Å². The average molecular weight is 674 g/mol. The Bertz CT molecular complexity index is 1500. The van der Waals surface area contributed by atoms with Crippen LogP contribution in [0.5, 0.6) is 0 Å². The van der Waals surface area contributed by atoms with Gasteiger partial charge in [0.1, 0.15) is 17.7 Å². The molecule has 5 rings (SSSR count). The van der Waals surface area contributed by atoms with Crippen molar-refractivity contribution in [3.05, 3.63) is 97.1 Å². The van der Waals surface area contributed by atoms with Crippen LogP contribution < -0.4 is 5.32 Å². The van der Waals surface area contributed by atoms with E-state index in [2.05, 4.69) is 18.5 Å². The molecule has 2 bridgehead atoms. The molecule has 1 spiro atoms. The van der Waals surface area contributed by atoms with Crippen LogP contribution in [-0.2, 0) is 39.9 Å². The van der Waals surface area contributed by atoms with Gasteiger partial charge < -0.3 is 34.4 Å². The molecule has 3 aliphatic heterocycles. The first kappa shape index (κ1) is 36.0. The van der Waals surface area contributed by atoms with Crippen LogP contribution in [0.25, 0.3) is 0 Å². The molecule has 0 aliphatic carbocycles. The third-order valence-electron chi connectivity index (χ3n) is 9.87. The molecule has 3 heterocycles. The number of carbonyl (C=O) groups is 4. The zero-order chi connectivity index (χ0) is 35.1. The number of amides is 3. The van der Waals surface area contributed by atoms with Gasteiger partial charge in [0.2, 0.25) is 17.7 Å². The van der Waals surface area contributed by atoms with Gasteiger partial charge in [-0.1, -0.05) is 72.8 Å². The minimum atomic E-state index is -1.28. The molecule has 0 unspecified atom stereocenters. The monoisotopic (exact) mass is 673 g/mol. The Labute approximate surface area is 287 Å². The van der Waals surface area contributed by atoms with Crippen molar-refractivity contribution in [1.82, 2.24) is 15.1 Å². The number of nitrogens with one attached hydrogen (secondary N) is 1. The second-order valence-electron chi connectivity index (χ2n) is 13.1. The number of ether oxygens (including phenoxy) is 3. The first-order valence-corrected chi connectivity index (χ1v) is 16.9. The third kappa shape index (κ3) is 7.20. The van der Waals surface area contributed by atoms with Crippen LogP contribution in [0.1, 0.15) is 49.8 Å². The number of methoxy groups -OCH3 is 1. The van der Waals surface area contributed by atoms with Gasteiger partial charge in [-0.25, -0.2) is 0 Å². The summed E-state index contributed by atoms with van der Waals surface area (Å²) in [6.07, 6.45) is 3.23. The minimum Gasteiger partial charge on any atom is -0.455 e. The number of hydrogen-bond donors (Lipinski definition) is 2. The fourth-order valence-corrected chi connectivity index (χ4v) is 7.69. The lowest BCUT2D eigenvalue weighted by molar-refractivity contribution is -0.163. The summed E-state index contributed by atoms with van der Waals surface area (Å²) in [6.45, 7) is 9.41. The zero-order valence-electron chi connectivity index (χ0n) is 28.2. The SMILES string of the molecule is C=CCCC(=O)N[C@@H](COC)[C@@H](OC(=O)[C@@H]1[C@H]2C(=O)N([C@H](C)CO)[C@H](C(=O)N(CC=C)Cc3ccccc3)[C@]23CC[C@H]1O3)c1ccccc1. The fourth-order valence-electron chi connectivity index (χ4n) is 7.69. The highest BCUT2D eigenvalue weighted by Crippen LogP contribution is 2.59. The molecule has 3 aliphatic rings. The van der Waals surface area contributed by atoms with Crippen LogP contribution in [0.4, 0.5) is 0 Å². The molecule has 49 heavy (non-hydrogen) atoms. The van der Waals surface area contributed by atoms with Crippen LogP contribution in [0, 0.1) is 11.8 Å².